The van der Waals surface area contributed by atoms with Crippen LogP contribution >= 0.6 is 23.1 Å². The van der Waals surface area contributed by atoms with Gasteiger partial charge in [-0.2, -0.15) is 16.9 Å². The minimum absolute atomic E-state index is 0.232. The summed E-state index contributed by atoms with van der Waals surface area (Å²) in [6.45, 7) is 1.26. The molecule has 8 heteroatoms. The summed E-state index contributed by atoms with van der Waals surface area (Å²) >= 11 is 3.37. The van der Waals surface area contributed by atoms with Gasteiger partial charge in [0.05, 0.1) is 18.4 Å². The fraction of sp³-hybridized carbons (Fsp3) is 0.471. The van der Waals surface area contributed by atoms with Gasteiger partial charge in [-0.3, -0.25) is 5.32 Å². The lowest BCUT2D eigenvalue weighted by atomic mass is 9.94. The molecule has 25 heavy (non-hydrogen) atoms. The van der Waals surface area contributed by atoms with Crippen molar-refractivity contribution >= 4 is 34.9 Å². The van der Waals surface area contributed by atoms with Gasteiger partial charge in [0.2, 0.25) is 0 Å². The van der Waals surface area contributed by atoms with Crippen molar-refractivity contribution in [3.8, 4) is 0 Å². The van der Waals surface area contributed by atoms with Crippen molar-refractivity contribution in [3.05, 3.63) is 40.5 Å². The van der Waals surface area contributed by atoms with Gasteiger partial charge in [-0.1, -0.05) is 12.2 Å². The Morgan fingerprint density at radius 2 is 2.40 bits per heavy atom. The van der Waals surface area contributed by atoms with Gasteiger partial charge >= 0.3 is 6.03 Å². The molecule has 6 nitrogen and oxygen atoms in total. The number of hydrogen-bond acceptors (Lipinski definition) is 5. The molecule has 2 N–H and O–H groups in total. The Kier molecular flexibility index (Phi) is 6.52. The van der Waals surface area contributed by atoms with E-state index in [1.165, 1.54) is 6.42 Å². The SMILES string of the molecule is CSCc1nc(CNC(=O)Nc2ccnn2C[C@H]2CC=CCC2)cs1. The van der Waals surface area contributed by atoms with E-state index in [1.807, 2.05) is 16.1 Å². The van der Waals surface area contributed by atoms with E-state index in [1.54, 1.807) is 29.3 Å². The second-order valence-electron chi connectivity index (χ2n) is 6.02. The summed E-state index contributed by atoms with van der Waals surface area (Å²) in [6.07, 6.45) is 11.6. The number of anilines is 1. The fourth-order valence-electron chi connectivity index (χ4n) is 2.80. The third kappa shape index (κ3) is 5.34. The number of thiazole rings is 1. The molecule has 2 amide bonds. The summed E-state index contributed by atoms with van der Waals surface area (Å²) in [5.74, 6) is 2.22. The number of hydrogen-bond donors (Lipinski definition) is 2. The number of nitrogens with zero attached hydrogens (tertiary/aromatic N) is 3. The molecule has 1 aliphatic carbocycles. The van der Waals surface area contributed by atoms with Gasteiger partial charge in [0, 0.05) is 23.7 Å². The van der Waals surface area contributed by atoms with Crippen LogP contribution in [-0.2, 0) is 18.8 Å². The summed E-state index contributed by atoms with van der Waals surface area (Å²) in [4.78, 5) is 16.7. The lowest BCUT2D eigenvalue weighted by Gasteiger charge is -2.19. The average Bonchev–Trinajstić information content (AvgIpc) is 3.24. The first-order valence-electron chi connectivity index (χ1n) is 8.38. The van der Waals surface area contributed by atoms with E-state index in [9.17, 15) is 4.79 Å². The lowest BCUT2D eigenvalue weighted by Crippen LogP contribution is -2.29. The van der Waals surface area contributed by atoms with E-state index < -0.39 is 0 Å². The van der Waals surface area contributed by atoms with E-state index in [-0.39, 0.29) is 6.03 Å². The van der Waals surface area contributed by atoms with Crippen molar-refractivity contribution < 1.29 is 4.79 Å². The zero-order chi connectivity index (χ0) is 17.5. The van der Waals surface area contributed by atoms with E-state index in [0.29, 0.717) is 12.5 Å². The quantitative estimate of drug-likeness (QED) is 0.718. The van der Waals surface area contributed by atoms with Crippen LogP contribution in [0.25, 0.3) is 0 Å². The van der Waals surface area contributed by atoms with E-state index in [0.717, 1.165) is 41.7 Å². The predicted octanol–water partition coefficient (Wildman–Crippen LogP) is 3.88. The smallest absolute Gasteiger partial charge is 0.320 e. The van der Waals surface area contributed by atoms with E-state index >= 15 is 0 Å². The number of rotatable bonds is 7. The van der Waals surface area contributed by atoms with Crippen LogP contribution in [0.2, 0.25) is 0 Å². The molecule has 0 saturated carbocycles. The van der Waals surface area contributed by atoms with Crippen molar-refractivity contribution in [2.45, 2.75) is 38.1 Å². The summed E-state index contributed by atoms with van der Waals surface area (Å²) in [6, 6.07) is 1.60. The number of nitrogens with one attached hydrogen (secondary N) is 2. The molecule has 1 aliphatic rings. The van der Waals surface area contributed by atoms with Gasteiger partial charge in [-0.25, -0.2) is 14.5 Å². The molecule has 134 valence electrons. The Morgan fingerprint density at radius 3 is 3.20 bits per heavy atom. The molecule has 0 radical (unpaired) electrons. The van der Waals surface area contributed by atoms with Gasteiger partial charge in [-0.05, 0) is 31.4 Å². The van der Waals surface area contributed by atoms with Gasteiger partial charge in [0.1, 0.15) is 10.8 Å². The minimum atomic E-state index is -0.232. The molecule has 2 aromatic rings. The van der Waals surface area contributed by atoms with E-state index in [4.69, 9.17) is 0 Å². The number of carbonyl (C=O) groups is 1. The van der Waals surface area contributed by atoms with Crippen molar-refractivity contribution in [2.75, 3.05) is 11.6 Å². The number of amides is 2. The first-order chi connectivity index (χ1) is 12.2. The number of urea groups is 1. The summed E-state index contributed by atoms with van der Waals surface area (Å²) in [5.41, 5.74) is 0.895. The minimum Gasteiger partial charge on any atom is -0.332 e. The van der Waals surface area contributed by atoms with Crippen molar-refractivity contribution in [2.24, 2.45) is 5.92 Å². The molecule has 0 aliphatic heterocycles. The highest BCUT2D eigenvalue weighted by molar-refractivity contribution is 7.97. The molecule has 0 fully saturated rings. The second kappa shape index (κ2) is 9.05. The molecule has 0 saturated heterocycles. The summed E-state index contributed by atoms with van der Waals surface area (Å²) < 4.78 is 1.88. The Hall–Kier alpha value is -1.80. The molecular weight excluding hydrogens is 354 g/mol. The maximum absolute atomic E-state index is 12.2. The standard InChI is InChI=1S/C17H23N5OS2/c1-24-12-16-20-14(11-25-16)9-18-17(23)21-15-7-8-19-22(15)10-13-5-3-2-4-6-13/h2-3,7-8,11,13H,4-6,9-10,12H2,1H3,(H2,18,21,23)/t13-/m0/s1. The number of thioether (sulfide) groups is 1. The number of allylic oxidation sites excluding steroid dienone is 2. The van der Waals surface area contributed by atoms with Crippen molar-refractivity contribution in [3.63, 3.8) is 0 Å². The normalized spacial score (nSPS) is 16.8. The molecule has 0 aromatic carbocycles. The Bertz CT molecular complexity index is 724. The van der Waals surface area contributed by atoms with Gasteiger partial charge in [0.15, 0.2) is 0 Å². The van der Waals surface area contributed by atoms with Crippen LogP contribution in [0.1, 0.15) is 30.0 Å². The molecule has 2 aromatic heterocycles. The third-order valence-corrected chi connectivity index (χ3v) is 5.71. The largest absolute Gasteiger partial charge is 0.332 e. The summed E-state index contributed by atoms with van der Waals surface area (Å²) in [5, 5.41) is 13.2. The topological polar surface area (TPSA) is 71.8 Å². The zero-order valence-electron chi connectivity index (χ0n) is 14.3. The van der Waals surface area contributed by atoms with Crippen LogP contribution < -0.4 is 10.6 Å². The molecular formula is C17H23N5OS2. The molecule has 1 atom stereocenters. The summed E-state index contributed by atoms with van der Waals surface area (Å²) in [7, 11) is 0. The van der Waals surface area contributed by atoms with Crippen LogP contribution in [0.4, 0.5) is 10.6 Å². The molecule has 3 rings (SSSR count). The first kappa shape index (κ1) is 18.0. The number of aromatic nitrogens is 3. The van der Waals surface area contributed by atoms with Crippen molar-refractivity contribution in [1.29, 1.82) is 0 Å². The van der Waals surface area contributed by atoms with Crippen LogP contribution in [0, 0.1) is 5.92 Å². The monoisotopic (exact) mass is 377 g/mol. The Morgan fingerprint density at radius 1 is 1.48 bits per heavy atom. The average molecular weight is 378 g/mol. The number of carbonyl (C=O) groups excluding carboxylic acids is 1. The van der Waals surface area contributed by atoms with Crippen LogP contribution in [0.15, 0.2) is 29.8 Å². The maximum atomic E-state index is 12.2. The predicted molar refractivity (Wildman–Crippen MR) is 104 cm³/mol. The Balaban J connectivity index is 1.49. The third-order valence-electron chi connectivity index (χ3n) is 4.06. The van der Waals surface area contributed by atoms with Gasteiger partial charge in [0.25, 0.3) is 0 Å². The van der Waals surface area contributed by atoms with Gasteiger partial charge < -0.3 is 5.32 Å². The van der Waals surface area contributed by atoms with Crippen LogP contribution in [-0.4, -0.2) is 27.1 Å². The second-order valence-corrected chi connectivity index (χ2v) is 7.83. The molecule has 2 heterocycles. The maximum Gasteiger partial charge on any atom is 0.320 e. The molecule has 0 unspecified atom stereocenters. The van der Waals surface area contributed by atoms with Crippen LogP contribution in [0.5, 0.6) is 0 Å². The van der Waals surface area contributed by atoms with E-state index in [2.05, 4.69) is 39.1 Å². The van der Waals surface area contributed by atoms with Gasteiger partial charge in [-0.15, -0.1) is 11.3 Å². The molecule has 0 spiro atoms. The molecule has 0 bridgehead atoms. The highest BCUT2D eigenvalue weighted by Crippen LogP contribution is 2.21. The highest BCUT2D eigenvalue weighted by atomic mass is 32.2. The zero-order valence-corrected chi connectivity index (χ0v) is 15.9. The Labute approximate surface area is 156 Å². The highest BCUT2D eigenvalue weighted by Gasteiger charge is 2.14. The van der Waals surface area contributed by atoms with Crippen LogP contribution in [0.3, 0.4) is 0 Å². The first-order valence-corrected chi connectivity index (χ1v) is 10.7. The fourth-order valence-corrected chi connectivity index (χ4v) is 4.32. The lowest BCUT2D eigenvalue weighted by molar-refractivity contribution is 0.251. The van der Waals surface area contributed by atoms with Crippen molar-refractivity contribution in [1.82, 2.24) is 20.1 Å².